The van der Waals surface area contributed by atoms with E-state index in [1.807, 2.05) is 30.3 Å². The maximum atomic E-state index is 12.4. The van der Waals surface area contributed by atoms with Crippen LogP contribution in [-0.2, 0) is 0 Å². The molecule has 1 heterocycles. The van der Waals surface area contributed by atoms with Crippen molar-refractivity contribution in [2.75, 3.05) is 6.61 Å². The third kappa shape index (κ3) is 2.75. The second kappa shape index (κ2) is 5.57. The molecule has 2 nitrogen and oxygen atoms in total. The topological polar surface area (TPSA) is 26.3 Å². The lowest BCUT2D eigenvalue weighted by Gasteiger charge is -2.18. The molecule has 21 heavy (non-hydrogen) atoms. The first kappa shape index (κ1) is 13.6. The average Bonchev–Trinajstić information content (AvgIpc) is 2.51. The summed E-state index contributed by atoms with van der Waals surface area (Å²) in [5, 5.41) is 0. The number of rotatable bonds is 2. The van der Waals surface area contributed by atoms with Gasteiger partial charge in [-0.15, -0.1) is 0 Å². The molecule has 1 aliphatic rings. The Balaban J connectivity index is 1.89. The molecule has 3 rings (SSSR count). The number of Topliss-reactive ketones (excluding diaryl/α,β-unsaturated/α-hetero) is 1. The standard InChI is InChI=1S/C19H18O2/c1-13(2)15-9-7-14(8-10-15)11-16-12-21-18-6-4-3-5-17(18)19(16)20/h3-11,13H,12H2,1-2H3. The number of para-hydroxylation sites is 1. The summed E-state index contributed by atoms with van der Waals surface area (Å²) in [5.74, 6) is 1.25. The van der Waals surface area contributed by atoms with Crippen LogP contribution < -0.4 is 4.74 Å². The van der Waals surface area contributed by atoms with Gasteiger partial charge in [0.05, 0.1) is 5.56 Å². The first-order valence-electron chi connectivity index (χ1n) is 7.22. The van der Waals surface area contributed by atoms with Crippen LogP contribution in [0.4, 0.5) is 0 Å². The van der Waals surface area contributed by atoms with E-state index in [-0.39, 0.29) is 5.78 Å². The molecular weight excluding hydrogens is 260 g/mol. The Morgan fingerprint density at radius 2 is 1.76 bits per heavy atom. The maximum absolute atomic E-state index is 12.4. The molecule has 0 radical (unpaired) electrons. The van der Waals surface area contributed by atoms with E-state index in [2.05, 4.69) is 38.1 Å². The van der Waals surface area contributed by atoms with Gasteiger partial charge in [-0.1, -0.05) is 50.2 Å². The summed E-state index contributed by atoms with van der Waals surface area (Å²) in [6.07, 6.45) is 1.92. The summed E-state index contributed by atoms with van der Waals surface area (Å²) in [5.41, 5.74) is 3.68. The Labute approximate surface area is 125 Å². The Bertz CT molecular complexity index is 694. The van der Waals surface area contributed by atoms with E-state index < -0.39 is 0 Å². The van der Waals surface area contributed by atoms with Gasteiger partial charge in [0.2, 0.25) is 0 Å². The average molecular weight is 278 g/mol. The van der Waals surface area contributed by atoms with Crippen LogP contribution in [0, 0.1) is 0 Å². The summed E-state index contributed by atoms with van der Waals surface area (Å²) in [4.78, 5) is 12.4. The highest BCUT2D eigenvalue weighted by Gasteiger charge is 2.22. The predicted molar refractivity (Wildman–Crippen MR) is 84.8 cm³/mol. The van der Waals surface area contributed by atoms with E-state index >= 15 is 0 Å². The van der Waals surface area contributed by atoms with E-state index in [1.54, 1.807) is 0 Å². The summed E-state index contributed by atoms with van der Waals surface area (Å²) < 4.78 is 5.65. The summed E-state index contributed by atoms with van der Waals surface area (Å²) in [6, 6.07) is 15.7. The van der Waals surface area contributed by atoms with Crippen LogP contribution in [0.1, 0.15) is 41.3 Å². The molecule has 106 valence electrons. The zero-order valence-electron chi connectivity index (χ0n) is 12.3. The fourth-order valence-electron chi connectivity index (χ4n) is 2.46. The lowest BCUT2D eigenvalue weighted by molar-refractivity contribution is 0.100. The Hall–Kier alpha value is -2.35. The van der Waals surface area contributed by atoms with E-state index in [1.165, 1.54) is 5.56 Å². The highest BCUT2D eigenvalue weighted by Crippen LogP contribution is 2.27. The molecule has 0 spiro atoms. The van der Waals surface area contributed by atoms with Crippen molar-refractivity contribution in [1.29, 1.82) is 0 Å². The zero-order valence-corrected chi connectivity index (χ0v) is 12.3. The highest BCUT2D eigenvalue weighted by molar-refractivity contribution is 6.14. The number of carbonyl (C=O) groups is 1. The molecule has 0 unspecified atom stereocenters. The fourth-order valence-corrected chi connectivity index (χ4v) is 2.46. The van der Waals surface area contributed by atoms with E-state index in [0.29, 0.717) is 29.4 Å². The van der Waals surface area contributed by atoms with E-state index in [0.717, 1.165) is 5.56 Å². The summed E-state index contributed by atoms with van der Waals surface area (Å²) in [7, 11) is 0. The molecule has 0 aliphatic carbocycles. The van der Waals surface area contributed by atoms with E-state index in [4.69, 9.17) is 4.74 Å². The largest absolute Gasteiger partial charge is 0.488 e. The second-order valence-corrected chi connectivity index (χ2v) is 5.60. The number of benzene rings is 2. The minimum absolute atomic E-state index is 0.0600. The fraction of sp³-hybridized carbons (Fsp3) is 0.211. The highest BCUT2D eigenvalue weighted by atomic mass is 16.5. The van der Waals surface area contributed by atoms with Crippen molar-refractivity contribution in [3.8, 4) is 5.75 Å². The molecule has 1 aliphatic heterocycles. The summed E-state index contributed by atoms with van der Waals surface area (Å²) in [6.45, 7) is 4.67. The van der Waals surface area contributed by atoms with Gasteiger partial charge in [0, 0.05) is 5.57 Å². The first-order valence-corrected chi connectivity index (χ1v) is 7.22. The van der Waals surface area contributed by atoms with Crippen LogP contribution in [0.3, 0.4) is 0 Å². The Morgan fingerprint density at radius 1 is 1.05 bits per heavy atom. The number of fused-ring (bicyclic) bond motifs is 1. The van der Waals surface area contributed by atoms with Crippen molar-refractivity contribution in [2.45, 2.75) is 19.8 Å². The molecule has 2 heteroatoms. The summed E-state index contributed by atoms with van der Waals surface area (Å²) >= 11 is 0. The van der Waals surface area contributed by atoms with Gasteiger partial charge in [0.25, 0.3) is 0 Å². The van der Waals surface area contributed by atoms with Crippen molar-refractivity contribution < 1.29 is 9.53 Å². The van der Waals surface area contributed by atoms with Crippen LogP contribution in [0.2, 0.25) is 0 Å². The van der Waals surface area contributed by atoms with Gasteiger partial charge in [0.15, 0.2) is 5.78 Å². The molecule has 0 aromatic heterocycles. The van der Waals surface area contributed by atoms with Gasteiger partial charge in [-0.25, -0.2) is 0 Å². The quantitative estimate of drug-likeness (QED) is 0.758. The molecule has 0 amide bonds. The van der Waals surface area contributed by atoms with Gasteiger partial charge in [0.1, 0.15) is 12.4 Å². The molecule has 0 N–H and O–H groups in total. The third-order valence-corrected chi connectivity index (χ3v) is 3.75. The SMILES string of the molecule is CC(C)c1ccc(C=C2COc3ccccc3C2=O)cc1. The number of ether oxygens (including phenoxy) is 1. The van der Waals surface area contributed by atoms with Crippen LogP contribution in [0.15, 0.2) is 54.1 Å². The van der Waals surface area contributed by atoms with Gasteiger partial charge < -0.3 is 4.74 Å². The van der Waals surface area contributed by atoms with Gasteiger partial charge >= 0.3 is 0 Å². The number of carbonyl (C=O) groups excluding carboxylic acids is 1. The molecular formula is C19H18O2. The number of ketones is 1. The van der Waals surface area contributed by atoms with Crippen LogP contribution in [0.25, 0.3) is 6.08 Å². The Kier molecular flexibility index (Phi) is 3.61. The molecule has 0 saturated heterocycles. The number of hydrogen-bond acceptors (Lipinski definition) is 2. The first-order chi connectivity index (χ1) is 10.1. The number of hydrogen-bond donors (Lipinski definition) is 0. The van der Waals surface area contributed by atoms with Crippen molar-refractivity contribution in [2.24, 2.45) is 0 Å². The van der Waals surface area contributed by atoms with Crippen LogP contribution in [0.5, 0.6) is 5.75 Å². The van der Waals surface area contributed by atoms with Crippen molar-refractivity contribution in [3.05, 3.63) is 70.8 Å². The monoisotopic (exact) mass is 278 g/mol. The lowest BCUT2D eigenvalue weighted by Crippen LogP contribution is -2.18. The van der Waals surface area contributed by atoms with Crippen molar-refractivity contribution in [1.82, 2.24) is 0 Å². The van der Waals surface area contributed by atoms with Crippen LogP contribution in [-0.4, -0.2) is 12.4 Å². The molecule has 0 saturated carbocycles. The van der Waals surface area contributed by atoms with Gasteiger partial charge in [-0.05, 0) is 35.3 Å². The lowest BCUT2D eigenvalue weighted by atomic mass is 9.97. The smallest absolute Gasteiger partial charge is 0.196 e. The molecule has 2 aromatic rings. The minimum Gasteiger partial charge on any atom is -0.488 e. The normalized spacial score (nSPS) is 16.0. The third-order valence-electron chi connectivity index (χ3n) is 3.75. The van der Waals surface area contributed by atoms with E-state index in [9.17, 15) is 4.79 Å². The molecule has 2 aromatic carbocycles. The molecule has 0 bridgehead atoms. The molecule has 0 atom stereocenters. The van der Waals surface area contributed by atoms with Crippen molar-refractivity contribution in [3.63, 3.8) is 0 Å². The van der Waals surface area contributed by atoms with Crippen molar-refractivity contribution >= 4 is 11.9 Å². The predicted octanol–water partition coefficient (Wildman–Crippen LogP) is 4.47. The zero-order chi connectivity index (χ0) is 14.8. The Morgan fingerprint density at radius 3 is 2.48 bits per heavy atom. The van der Waals surface area contributed by atoms with Gasteiger partial charge in [-0.3, -0.25) is 4.79 Å². The minimum atomic E-state index is 0.0600. The van der Waals surface area contributed by atoms with Gasteiger partial charge in [-0.2, -0.15) is 0 Å². The van der Waals surface area contributed by atoms with Crippen LogP contribution >= 0.6 is 0 Å². The molecule has 0 fully saturated rings. The second-order valence-electron chi connectivity index (χ2n) is 5.60. The maximum Gasteiger partial charge on any atom is 0.196 e.